The Labute approximate surface area is 108 Å². The van der Waals surface area contributed by atoms with Gasteiger partial charge in [-0.15, -0.1) is 0 Å². The lowest BCUT2D eigenvalue weighted by Gasteiger charge is -2.20. The Morgan fingerprint density at radius 1 is 0.842 bits per heavy atom. The van der Waals surface area contributed by atoms with Crippen molar-refractivity contribution in [3.63, 3.8) is 0 Å². The third-order valence-corrected chi connectivity index (χ3v) is 2.89. The monoisotopic (exact) mass is 281 g/mol. The summed E-state index contributed by atoms with van der Waals surface area (Å²) in [5.74, 6) is -9.41. The predicted molar refractivity (Wildman–Crippen MR) is 62.2 cm³/mol. The van der Waals surface area contributed by atoms with E-state index in [0.717, 1.165) is 6.42 Å². The second kappa shape index (κ2) is 6.84. The van der Waals surface area contributed by atoms with Gasteiger partial charge < -0.3 is 5.32 Å². The average Bonchev–Trinajstić information content (AvgIpc) is 2.40. The number of halogens is 5. The quantitative estimate of drug-likeness (QED) is 0.467. The molecule has 0 saturated heterocycles. The number of unbranched alkanes of at least 4 members (excludes halogenated alkanes) is 1. The molecule has 6 heteroatoms. The van der Waals surface area contributed by atoms with Gasteiger partial charge in [0, 0.05) is 11.6 Å². The Kier molecular flexibility index (Phi) is 5.72. The van der Waals surface area contributed by atoms with Crippen LogP contribution in [0.15, 0.2) is 0 Å². The third kappa shape index (κ3) is 3.23. The molecule has 0 fully saturated rings. The SMILES string of the molecule is CCCCC(NCC)c1c(F)c(F)c(F)c(F)c1F. The van der Waals surface area contributed by atoms with Gasteiger partial charge >= 0.3 is 0 Å². The largest absolute Gasteiger partial charge is 0.310 e. The van der Waals surface area contributed by atoms with Crippen LogP contribution in [0.3, 0.4) is 0 Å². The summed E-state index contributed by atoms with van der Waals surface area (Å²) in [4.78, 5) is 0. The van der Waals surface area contributed by atoms with E-state index >= 15 is 0 Å². The normalized spacial score (nSPS) is 12.8. The van der Waals surface area contributed by atoms with E-state index < -0.39 is 40.7 Å². The lowest BCUT2D eigenvalue weighted by molar-refractivity contribution is 0.351. The summed E-state index contributed by atoms with van der Waals surface area (Å²) in [5.41, 5.74) is -0.772. The first kappa shape index (κ1) is 15.9. The van der Waals surface area contributed by atoms with Crippen LogP contribution in [-0.2, 0) is 0 Å². The standard InChI is InChI=1S/C13H16F5N/c1-3-5-6-7(19-4-2)8-9(14)11(16)13(18)12(17)10(8)15/h7,19H,3-6H2,1-2H3. The van der Waals surface area contributed by atoms with Gasteiger partial charge in [0.15, 0.2) is 23.3 Å². The van der Waals surface area contributed by atoms with Crippen molar-refractivity contribution in [2.75, 3.05) is 6.54 Å². The summed E-state index contributed by atoms with van der Waals surface area (Å²) < 4.78 is 66.5. The molecule has 0 spiro atoms. The van der Waals surface area contributed by atoms with Crippen molar-refractivity contribution in [3.05, 3.63) is 34.6 Å². The van der Waals surface area contributed by atoms with E-state index in [0.29, 0.717) is 19.4 Å². The van der Waals surface area contributed by atoms with Crippen molar-refractivity contribution in [1.29, 1.82) is 0 Å². The fraction of sp³-hybridized carbons (Fsp3) is 0.538. The number of hydrogen-bond acceptors (Lipinski definition) is 1. The minimum absolute atomic E-state index is 0.308. The lowest BCUT2D eigenvalue weighted by atomic mass is 9.99. The van der Waals surface area contributed by atoms with Crippen molar-refractivity contribution < 1.29 is 22.0 Å². The van der Waals surface area contributed by atoms with Crippen LogP contribution in [0.2, 0.25) is 0 Å². The van der Waals surface area contributed by atoms with E-state index in [1.165, 1.54) is 0 Å². The molecule has 1 unspecified atom stereocenters. The molecule has 0 aromatic heterocycles. The first-order valence-electron chi connectivity index (χ1n) is 6.20. The summed E-state index contributed by atoms with van der Waals surface area (Å²) in [6.45, 7) is 3.94. The zero-order valence-corrected chi connectivity index (χ0v) is 10.8. The first-order chi connectivity index (χ1) is 8.95. The molecule has 0 amide bonds. The Bertz CT molecular complexity index is 418. The molecule has 0 aliphatic rings. The molecule has 1 aromatic rings. The molecule has 1 atom stereocenters. The molecule has 0 bridgehead atoms. The van der Waals surface area contributed by atoms with Gasteiger partial charge in [-0.2, -0.15) is 0 Å². The van der Waals surface area contributed by atoms with Crippen LogP contribution in [0, 0.1) is 29.1 Å². The van der Waals surface area contributed by atoms with Crippen LogP contribution < -0.4 is 5.32 Å². The molecule has 0 aliphatic carbocycles. The summed E-state index contributed by atoms with van der Waals surface area (Å²) in [5, 5.41) is 2.75. The van der Waals surface area contributed by atoms with Gasteiger partial charge in [-0.25, -0.2) is 22.0 Å². The van der Waals surface area contributed by atoms with Crippen LogP contribution >= 0.6 is 0 Å². The smallest absolute Gasteiger partial charge is 0.200 e. The minimum atomic E-state index is -2.12. The summed E-state index contributed by atoms with van der Waals surface area (Å²) >= 11 is 0. The van der Waals surface area contributed by atoms with Crippen molar-refractivity contribution in [1.82, 2.24) is 5.32 Å². The summed E-state index contributed by atoms with van der Waals surface area (Å²) in [6, 6.07) is -0.880. The van der Waals surface area contributed by atoms with Crippen LogP contribution in [-0.4, -0.2) is 6.54 Å². The van der Waals surface area contributed by atoms with E-state index in [2.05, 4.69) is 5.32 Å². The maximum absolute atomic E-state index is 13.6. The third-order valence-electron chi connectivity index (χ3n) is 2.89. The number of rotatable bonds is 6. The molecule has 1 aromatic carbocycles. The number of hydrogen-bond donors (Lipinski definition) is 1. The maximum atomic E-state index is 13.6. The Morgan fingerprint density at radius 2 is 1.32 bits per heavy atom. The van der Waals surface area contributed by atoms with Gasteiger partial charge in [-0.3, -0.25) is 0 Å². The van der Waals surface area contributed by atoms with Gasteiger partial charge in [0.1, 0.15) is 0 Å². The Balaban J connectivity index is 3.29. The van der Waals surface area contributed by atoms with E-state index in [4.69, 9.17) is 0 Å². The number of nitrogens with one attached hydrogen (secondary N) is 1. The molecule has 0 aliphatic heterocycles. The summed E-state index contributed by atoms with van der Waals surface area (Å²) in [7, 11) is 0. The highest BCUT2D eigenvalue weighted by Crippen LogP contribution is 2.30. The molecule has 19 heavy (non-hydrogen) atoms. The zero-order chi connectivity index (χ0) is 14.6. The highest BCUT2D eigenvalue weighted by molar-refractivity contribution is 5.27. The topological polar surface area (TPSA) is 12.0 Å². The zero-order valence-electron chi connectivity index (χ0n) is 10.8. The molecule has 0 radical (unpaired) electrons. The highest BCUT2D eigenvalue weighted by Gasteiger charge is 2.29. The van der Waals surface area contributed by atoms with E-state index in [-0.39, 0.29) is 0 Å². The fourth-order valence-electron chi connectivity index (χ4n) is 1.93. The van der Waals surface area contributed by atoms with Crippen molar-refractivity contribution in [2.24, 2.45) is 0 Å². The van der Waals surface area contributed by atoms with Crippen molar-refractivity contribution in [3.8, 4) is 0 Å². The molecule has 1 nitrogen and oxygen atoms in total. The van der Waals surface area contributed by atoms with E-state index in [1.807, 2.05) is 6.92 Å². The van der Waals surface area contributed by atoms with Crippen LogP contribution in [0.25, 0.3) is 0 Å². The molecule has 1 N–H and O–H groups in total. The van der Waals surface area contributed by atoms with E-state index in [9.17, 15) is 22.0 Å². The van der Waals surface area contributed by atoms with Crippen molar-refractivity contribution in [2.45, 2.75) is 39.2 Å². The summed E-state index contributed by atoms with van der Waals surface area (Å²) in [6.07, 6.45) is 1.69. The van der Waals surface area contributed by atoms with Gasteiger partial charge in [-0.1, -0.05) is 26.7 Å². The molecule has 108 valence electrons. The second-order valence-electron chi connectivity index (χ2n) is 4.24. The lowest BCUT2D eigenvalue weighted by Crippen LogP contribution is -2.24. The minimum Gasteiger partial charge on any atom is -0.310 e. The molecule has 1 rings (SSSR count). The molecular weight excluding hydrogens is 265 g/mol. The highest BCUT2D eigenvalue weighted by atomic mass is 19.2. The number of benzene rings is 1. The Hall–Kier alpha value is -1.17. The van der Waals surface area contributed by atoms with Gasteiger partial charge in [0.25, 0.3) is 0 Å². The average molecular weight is 281 g/mol. The fourth-order valence-corrected chi connectivity index (χ4v) is 1.93. The van der Waals surface area contributed by atoms with Gasteiger partial charge in [-0.05, 0) is 13.0 Å². The molecular formula is C13H16F5N. The second-order valence-corrected chi connectivity index (χ2v) is 4.24. The van der Waals surface area contributed by atoms with Crippen LogP contribution in [0.5, 0.6) is 0 Å². The van der Waals surface area contributed by atoms with Crippen LogP contribution in [0.4, 0.5) is 22.0 Å². The van der Waals surface area contributed by atoms with Crippen molar-refractivity contribution >= 4 is 0 Å². The van der Waals surface area contributed by atoms with Gasteiger partial charge in [0.05, 0.1) is 0 Å². The predicted octanol–water partition coefficient (Wildman–Crippen LogP) is 4.22. The maximum Gasteiger partial charge on any atom is 0.200 e. The first-order valence-corrected chi connectivity index (χ1v) is 6.20. The molecule has 0 heterocycles. The van der Waals surface area contributed by atoms with E-state index in [1.54, 1.807) is 6.92 Å². The van der Waals surface area contributed by atoms with Gasteiger partial charge in [0.2, 0.25) is 5.82 Å². The van der Waals surface area contributed by atoms with Crippen LogP contribution in [0.1, 0.15) is 44.7 Å². The molecule has 0 saturated carbocycles. The Morgan fingerprint density at radius 3 is 1.74 bits per heavy atom.